The van der Waals surface area contributed by atoms with Gasteiger partial charge in [0.15, 0.2) is 12.0 Å². The minimum atomic E-state index is 0.183. The molecule has 2 heteroatoms. The Hall–Kier alpha value is 0.100. The van der Waals surface area contributed by atoms with E-state index in [4.69, 9.17) is 0 Å². The van der Waals surface area contributed by atoms with Gasteiger partial charge in [0.2, 0.25) is 0 Å². The van der Waals surface area contributed by atoms with Crippen molar-refractivity contribution in [2.45, 2.75) is 52.0 Å². The monoisotopic (exact) mass is 200 g/mol. The number of rotatable bonds is 4. The fraction of sp³-hybridized carbons (Fsp3) is 0.909. The van der Waals surface area contributed by atoms with Crippen molar-refractivity contribution in [1.82, 2.24) is 0 Å². The maximum absolute atomic E-state index is 3.63. The Morgan fingerprint density at radius 1 is 1.15 bits per heavy atom. The van der Waals surface area contributed by atoms with Gasteiger partial charge >= 0.3 is 0 Å². The minimum Gasteiger partial charge on any atom is -0.246 e. The third-order valence-corrected chi connectivity index (χ3v) is 5.05. The molecule has 1 aliphatic rings. The average molecular weight is 200 g/mol. The molecule has 76 valence electrons. The van der Waals surface area contributed by atoms with Crippen LogP contribution in [0.1, 0.15) is 46.0 Å². The quantitative estimate of drug-likeness (QED) is 0.526. The molecule has 0 heterocycles. The van der Waals surface area contributed by atoms with Crippen molar-refractivity contribution in [2.24, 2.45) is 0 Å². The average Bonchev–Trinajstić information content (AvgIpc) is 2.21. The lowest BCUT2D eigenvalue weighted by molar-refractivity contribution is -0.500. The zero-order chi connectivity index (χ0) is 9.52. The summed E-state index contributed by atoms with van der Waals surface area (Å²) >= 11 is 0. The van der Waals surface area contributed by atoms with Gasteiger partial charge in [-0.2, -0.15) is 0 Å². The van der Waals surface area contributed by atoms with Crippen molar-refractivity contribution in [1.29, 1.82) is 0 Å². The van der Waals surface area contributed by atoms with Gasteiger partial charge in [0, 0.05) is 12.8 Å². The van der Waals surface area contributed by atoms with Crippen LogP contribution in [-0.2, 0) is 0 Å². The predicted molar refractivity (Wildman–Crippen MR) is 61.9 cm³/mol. The molecule has 0 unspecified atom stereocenters. The summed E-state index contributed by atoms with van der Waals surface area (Å²) in [6.45, 7) is 4.60. The van der Waals surface area contributed by atoms with E-state index < -0.39 is 0 Å². The van der Waals surface area contributed by atoms with Crippen LogP contribution >= 0.6 is 7.92 Å². The van der Waals surface area contributed by atoms with E-state index in [9.17, 15) is 0 Å². The van der Waals surface area contributed by atoms with Crippen LogP contribution in [0.25, 0.3) is 0 Å². The minimum absolute atomic E-state index is 0.183. The topological polar surface area (TPSA) is 14.0 Å². The SMILES string of the molecule is CCP(C=[NH+]C1CCCCC1)CC. The van der Waals surface area contributed by atoms with E-state index in [0.29, 0.717) is 0 Å². The van der Waals surface area contributed by atoms with E-state index in [1.807, 2.05) is 0 Å². The van der Waals surface area contributed by atoms with Gasteiger partial charge in [-0.15, -0.1) is 0 Å². The molecule has 0 aromatic heterocycles. The van der Waals surface area contributed by atoms with Crippen LogP contribution in [0.4, 0.5) is 0 Å². The molecular formula is C11H23NP+. The Balaban J connectivity index is 2.27. The van der Waals surface area contributed by atoms with Gasteiger partial charge in [0.25, 0.3) is 0 Å². The summed E-state index contributed by atoms with van der Waals surface area (Å²) in [5.41, 5.74) is 0. The molecule has 1 rings (SSSR count). The molecule has 1 N–H and O–H groups in total. The van der Waals surface area contributed by atoms with Gasteiger partial charge in [0.1, 0.15) is 0 Å². The van der Waals surface area contributed by atoms with Crippen molar-refractivity contribution in [2.75, 3.05) is 12.3 Å². The second kappa shape index (κ2) is 6.54. The predicted octanol–water partition coefficient (Wildman–Crippen LogP) is 1.95. The lowest BCUT2D eigenvalue weighted by Gasteiger charge is -2.13. The van der Waals surface area contributed by atoms with E-state index in [1.165, 1.54) is 44.4 Å². The van der Waals surface area contributed by atoms with E-state index >= 15 is 0 Å². The molecule has 13 heavy (non-hydrogen) atoms. The number of nitrogens with one attached hydrogen (secondary N) is 1. The Kier molecular flexibility index (Phi) is 5.62. The number of hydrogen-bond donors (Lipinski definition) is 1. The zero-order valence-electron chi connectivity index (χ0n) is 9.05. The molecule has 1 fully saturated rings. The first kappa shape index (κ1) is 11.2. The molecule has 0 atom stereocenters. The van der Waals surface area contributed by atoms with Crippen LogP contribution in [0, 0.1) is 0 Å². The fourth-order valence-corrected chi connectivity index (χ4v) is 3.12. The molecule has 0 radical (unpaired) electrons. The molecule has 0 amide bonds. The summed E-state index contributed by atoms with van der Waals surface area (Å²) in [6, 6.07) is 0.803. The van der Waals surface area contributed by atoms with Crippen molar-refractivity contribution >= 4 is 13.9 Å². The second-order valence-electron chi connectivity index (χ2n) is 3.85. The highest BCUT2D eigenvalue weighted by atomic mass is 31.1. The smallest absolute Gasteiger partial charge is 0.159 e. The van der Waals surface area contributed by atoms with E-state index in [2.05, 4.69) is 24.8 Å². The molecule has 1 nitrogen and oxygen atoms in total. The third-order valence-electron chi connectivity index (χ3n) is 2.91. The second-order valence-corrected chi connectivity index (χ2v) is 6.55. The molecule has 0 saturated heterocycles. The van der Waals surface area contributed by atoms with Crippen LogP contribution < -0.4 is 4.99 Å². The van der Waals surface area contributed by atoms with E-state index in [0.717, 1.165) is 6.04 Å². The standard InChI is InChI=1S/C11H22NP/c1-3-13(4-2)10-12-11-8-6-5-7-9-11/h10-11H,3-9H2,1-2H3/p+1. The molecule has 0 spiro atoms. The maximum Gasteiger partial charge on any atom is 0.159 e. The van der Waals surface area contributed by atoms with Gasteiger partial charge in [0.05, 0.1) is 0 Å². The highest BCUT2D eigenvalue weighted by Gasteiger charge is 2.16. The van der Waals surface area contributed by atoms with Gasteiger partial charge in [-0.3, -0.25) is 0 Å². The summed E-state index contributed by atoms with van der Waals surface area (Å²) in [5.74, 6) is 2.41. The largest absolute Gasteiger partial charge is 0.246 e. The van der Waals surface area contributed by atoms with Crippen molar-refractivity contribution in [3.63, 3.8) is 0 Å². The molecule has 0 aliphatic heterocycles. The van der Waals surface area contributed by atoms with Crippen LogP contribution in [0.3, 0.4) is 0 Å². The first-order valence-electron chi connectivity index (χ1n) is 5.70. The lowest BCUT2D eigenvalue weighted by atomic mass is 9.96. The van der Waals surface area contributed by atoms with E-state index in [1.54, 1.807) is 0 Å². The summed E-state index contributed by atoms with van der Waals surface area (Å²) in [6.07, 6.45) is 9.79. The molecular weight excluding hydrogens is 177 g/mol. The Labute approximate surface area is 83.8 Å². The fourth-order valence-electron chi connectivity index (χ4n) is 1.89. The van der Waals surface area contributed by atoms with Crippen molar-refractivity contribution in [3.05, 3.63) is 0 Å². The number of hydrogen-bond acceptors (Lipinski definition) is 0. The maximum atomic E-state index is 3.63. The highest BCUT2D eigenvalue weighted by Crippen LogP contribution is 2.28. The molecule has 0 aromatic rings. The lowest BCUT2D eigenvalue weighted by Crippen LogP contribution is -2.76. The Bertz CT molecular complexity index is 146. The third kappa shape index (κ3) is 4.22. The Morgan fingerprint density at radius 3 is 2.31 bits per heavy atom. The van der Waals surface area contributed by atoms with Crippen LogP contribution in [0.15, 0.2) is 0 Å². The Morgan fingerprint density at radius 2 is 1.77 bits per heavy atom. The normalized spacial score (nSPS) is 20.2. The van der Waals surface area contributed by atoms with Crippen molar-refractivity contribution in [3.8, 4) is 0 Å². The molecule has 0 aromatic carbocycles. The molecule has 0 bridgehead atoms. The zero-order valence-corrected chi connectivity index (χ0v) is 9.95. The van der Waals surface area contributed by atoms with Crippen LogP contribution in [0.5, 0.6) is 0 Å². The first-order chi connectivity index (χ1) is 6.36. The van der Waals surface area contributed by atoms with E-state index in [-0.39, 0.29) is 7.92 Å². The first-order valence-corrected chi connectivity index (χ1v) is 7.48. The van der Waals surface area contributed by atoms with Gasteiger partial charge in [-0.25, -0.2) is 4.99 Å². The summed E-state index contributed by atoms with van der Waals surface area (Å²) in [4.78, 5) is 3.63. The summed E-state index contributed by atoms with van der Waals surface area (Å²) < 4.78 is 0. The molecule has 1 saturated carbocycles. The van der Waals surface area contributed by atoms with Gasteiger partial charge < -0.3 is 0 Å². The van der Waals surface area contributed by atoms with Gasteiger partial charge in [-0.05, 0) is 33.1 Å². The van der Waals surface area contributed by atoms with Crippen LogP contribution in [0.2, 0.25) is 0 Å². The molecule has 1 aliphatic carbocycles. The summed E-state index contributed by atoms with van der Waals surface area (Å²) in [7, 11) is 0.183. The van der Waals surface area contributed by atoms with Gasteiger partial charge in [-0.1, -0.05) is 20.3 Å². The summed E-state index contributed by atoms with van der Waals surface area (Å²) in [5, 5.41) is 0. The van der Waals surface area contributed by atoms with Crippen molar-refractivity contribution < 1.29 is 4.99 Å². The highest BCUT2D eigenvalue weighted by molar-refractivity contribution is 7.72. The van der Waals surface area contributed by atoms with Crippen LogP contribution in [-0.4, -0.2) is 24.3 Å².